The normalized spacial score (nSPS) is 17.5. The molecule has 6 nitrogen and oxygen atoms in total. The molecular weight excluding hydrogens is 338 g/mol. The number of carbonyl (C=O) groups is 2. The number of carbonyl (C=O) groups excluding carboxylic acids is 1. The molecular formula is C18H21N3O3S. The Bertz CT molecular complexity index is 774. The third kappa shape index (κ3) is 4.04. The van der Waals surface area contributed by atoms with E-state index in [4.69, 9.17) is 5.11 Å². The van der Waals surface area contributed by atoms with Crippen LogP contribution in [0.15, 0.2) is 41.4 Å². The number of hydrogen-bond donors (Lipinski definition) is 1. The van der Waals surface area contributed by atoms with E-state index < -0.39 is 5.97 Å². The van der Waals surface area contributed by atoms with Crippen molar-refractivity contribution in [1.82, 2.24) is 14.7 Å². The summed E-state index contributed by atoms with van der Waals surface area (Å²) in [5.74, 6) is -0.711. The smallest absolute Gasteiger partial charge is 0.325 e. The molecule has 1 atom stereocenters. The Morgan fingerprint density at radius 3 is 2.88 bits per heavy atom. The third-order valence-electron chi connectivity index (χ3n) is 4.42. The van der Waals surface area contributed by atoms with Crippen molar-refractivity contribution in [3.8, 4) is 0 Å². The summed E-state index contributed by atoms with van der Waals surface area (Å²) in [5, 5.41) is 13.2. The first kappa shape index (κ1) is 17.5. The topological polar surface area (TPSA) is 75.4 Å². The van der Waals surface area contributed by atoms with E-state index in [2.05, 4.69) is 5.10 Å². The SMILES string of the molecule is CSc1ccccc1C(=O)N1CCCC(c2ccn(CC(=O)O)n2)C1. The number of aromatic nitrogens is 2. The molecule has 1 fully saturated rings. The quantitative estimate of drug-likeness (QED) is 0.831. The van der Waals surface area contributed by atoms with Gasteiger partial charge in [0.1, 0.15) is 6.54 Å². The molecule has 2 aromatic rings. The minimum atomic E-state index is -0.913. The first-order valence-corrected chi connectivity index (χ1v) is 9.48. The zero-order valence-electron chi connectivity index (χ0n) is 14.1. The lowest BCUT2D eigenvalue weighted by atomic mass is 9.94. The van der Waals surface area contributed by atoms with Gasteiger partial charge in [-0.2, -0.15) is 5.10 Å². The number of carboxylic acids is 1. The molecule has 0 aliphatic carbocycles. The van der Waals surface area contributed by atoms with E-state index in [1.54, 1.807) is 18.0 Å². The Morgan fingerprint density at radius 2 is 2.12 bits per heavy atom. The highest BCUT2D eigenvalue weighted by Crippen LogP contribution is 2.28. The third-order valence-corrected chi connectivity index (χ3v) is 5.22. The predicted octanol–water partition coefficient (Wildman–Crippen LogP) is 2.71. The van der Waals surface area contributed by atoms with Crippen LogP contribution >= 0.6 is 11.8 Å². The van der Waals surface area contributed by atoms with Crippen molar-refractivity contribution < 1.29 is 14.7 Å². The summed E-state index contributed by atoms with van der Waals surface area (Å²) in [5.41, 5.74) is 1.60. The van der Waals surface area contributed by atoms with Gasteiger partial charge >= 0.3 is 5.97 Å². The zero-order valence-corrected chi connectivity index (χ0v) is 14.9. The largest absolute Gasteiger partial charge is 0.480 e. The fourth-order valence-electron chi connectivity index (χ4n) is 3.22. The average Bonchev–Trinajstić information content (AvgIpc) is 3.09. The van der Waals surface area contributed by atoms with Crippen molar-refractivity contribution in [2.45, 2.75) is 30.2 Å². The molecule has 132 valence electrons. The van der Waals surface area contributed by atoms with Crippen molar-refractivity contribution in [2.24, 2.45) is 0 Å². The summed E-state index contributed by atoms with van der Waals surface area (Å²) < 4.78 is 1.43. The molecule has 2 heterocycles. The molecule has 1 aliphatic heterocycles. The molecule has 1 N–H and O–H groups in total. The van der Waals surface area contributed by atoms with E-state index in [-0.39, 0.29) is 18.4 Å². The Kier molecular flexibility index (Phi) is 5.43. The van der Waals surface area contributed by atoms with E-state index in [1.165, 1.54) is 4.68 Å². The van der Waals surface area contributed by atoms with Crippen LogP contribution in [0, 0.1) is 0 Å². The van der Waals surface area contributed by atoms with Crippen molar-refractivity contribution >= 4 is 23.6 Å². The molecule has 1 aromatic carbocycles. The number of benzene rings is 1. The summed E-state index contributed by atoms with van der Waals surface area (Å²) >= 11 is 1.58. The monoisotopic (exact) mass is 359 g/mol. The molecule has 1 aromatic heterocycles. The van der Waals surface area contributed by atoms with Crippen LogP contribution < -0.4 is 0 Å². The summed E-state index contributed by atoms with van der Waals surface area (Å²) in [6.45, 7) is 1.22. The molecule has 1 amide bonds. The average molecular weight is 359 g/mol. The number of likely N-dealkylation sites (tertiary alicyclic amines) is 1. The van der Waals surface area contributed by atoms with Gasteiger partial charge in [0.2, 0.25) is 0 Å². The van der Waals surface area contributed by atoms with E-state index in [0.717, 1.165) is 35.5 Å². The molecule has 1 saturated heterocycles. The Labute approximate surface area is 150 Å². The van der Waals surface area contributed by atoms with Gasteiger partial charge in [0.25, 0.3) is 5.91 Å². The maximum absolute atomic E-state index is 12.9. The Balaban J connectivity index is 1.73. The van der Waals surface area contributed by atoms with Crippen molar-refractivity contribution in [3.63, 3.8) is 0 Å². The molecule has 0 bridgehead atoms. The van der Waals surface area contributed by atoms with Gasteiger partial charge in [-0.05, 0) is 37.3 Å². The summed E-state index contributed by atoms with van der Waals surface area (Å²) in [6, 6.07) is 9.53. The number of carboxylic acid groups (broad SMARTS) is 1. The first-order valence-electron chi connectivity index (χ1n) is 8.26. The molecule has 0 spiro atoms. The number of thioether (sulfide) groups is 1. The van der Waals surface area contributed by atoms with Gasteiger partial charge in [0.05, 0.1) is 11.3 Å². The van der Waals surface area contributed by atoms with Crippen molar-refractivity contribution in [1.29, 1.82) is 0 Å². The molecule has 1 aliphatic rings. The van der Waals surface area contributed by atoms with Crippen LogP contribution in [0.3, 0.4) is 0 Å². The van der Waals surface area contributed by atoms with Gasteiger partial charge < -0.3 is 10.0 Å². The molecule has 0 radical (unpaired) electrons. The van der Waals surface area contributed by atoms with Gasteiger partial charge in [-0.25, -0.2) is 0 Å². The Hall–Kier alpha value is -2.28. The number of piperidine rings is 1. The van der Waals surface area contributed by atoms with Crippen LogP contribution in [0.5, 0.6) is 0 Å². The minimum Gasteiger partial charge on any atom is -0.480 e. The van der Waals surface area contributed by atoms with E-state index >= 15 is 0 Å². The van der Waals surface area contributed by atoms with Gasteiger partial charge in [-0.3, -0.25) is 14.3 Å². The molecule has 3 rings (SSSR count). The highest BCUT2D eigenvalue weighted by Gasteiger charge is 2.27. The Morgan fingerprint density at radius 1 is 1.32 bits per heavy atom. The van der Waals surface area contributed by atoms with E-state index in [1.807, 2.05) is 41.5 Å². The fraction of sp³-hybridized carbons (Fsp3) is 0.389. The lowest BCUT2D eigenvalue weighted by Gasteiger charge is -2.32. The van der Waals surface area contributed by atoms with E-state index in [9.17, 15) is 9.59 Å². The maximum Gasteiger partial charge on any atom is 0.325 e. The molecule has 7 heteroatoms. The molecule has 0 saturated carbocycles. The maximum atomic E-state index is 12.9. The number of rotatable bonds is 5. The van der Waals surface area contributed by atoms with Crippen LogP contribution in [0.25, 0.3) is 0 Å². The minimum absolute atomic E-state index is 0.0552. The van der Waals surface area contributed by atoms with Gasteiger partial charge in [0, 0.05) is 30.1 Å². The van der Waals surface area contributed by atoms with Gasteiger partial charge in [0.15, 0.2) is 0 Å². The number of hydrogen-bond acceptors (Lipinski definition) is 4. The van der Waals surface area contributed by atoms with Gasteiger partial charge in [-0.1, -0.05) is 12.1 Å². The van der Waals surface area contributed by atoms with Crippen LogP contribution in [-0.2, 0) is 11.3 Å². The zero-order chi connectivity index (χ0) is 17.8. The van der Waals surface area contributed by atoms with Gasteiger partial charge in [-0.15, -0.1) is 11.8 Å². The van der Waals surface area contributed by atoms with Crippen LogP contribution in [0.2, 0.25) is 0 Å². The number of aliphatic carboxylic acids is 1. The van der Waals surface area contributed by atoms with Crippen LogP contribution in [-0.4, -0.2) is 51.0 Å². The second-order valence-electron chi connectivity index (χ2n) is 6.12. The number of amides is 1. The highest BCUT2D eigenvalue weighted by atomic mass is 32.2. The van der Waals surface area contributed by atoms with Crippen LogP contribution in [0.4, 0.5) is 0 Å². The second kappa shape index (κ2) is 7.74. The second-order valence-corrected chi connectivity index (χ2v) is 6.97. The fourth-order valence-corrected chi connectivity index (χ4v) is 3.81. The lowest BCUT2D eigenvalue weighted by Crippen LogP contribution is -2.39. The summed E-state index contributed by atoms with van der Waals surface area (Å²) in [7, 11) is 0. The van der Waals surface area contributed by atoms with Crippen molar-refractivity contribution in [2.75, 3.05) is 19.3 Å². The van der Waals surface area contributed by atoms with E-state index in [0.29, 0.717) is 6.54 Å². The lowest BCUT2D eigenvalue weighted by molar-refractivity contribution is -0.137. The first-order chi connectivity index (χ1) is 12.1. The summed E-state index contributed by atoms with van der Waals surface area (Å²) in [4.78, 5) is 26.6. The molecule has 1 unspecified atom stereocenters. The molecule has 25 heavy (non-hydrogen) atoms. The van der Waals surface area contributed by atoms with Crippen molar-refractivity contribution in [3.05, 3.63) is 47.8 Å². The predicted molar refractivity (Wildman–Crippen MR) is 96.0 cm³/mol. The highest BCUT2D eigenvalue weighted by molar-refractivity contribution is 7.98. The summed E-state index contributed by atoms with van der Waals surface area (Å²) in [6.07, 6.45) is 5.54. The van der Waals surface area contributed by atoms with Crippen LogP contribution in [0.1, 0.15) is 34.8 Å². The standard InChI is InChI=1S/C18H21N3O3S/c1-25-16-7-3-2-6-14(16)18(24)20-9-4-5-13(11-20)15-8-10-21(19-15)12-17(22)23/h2-3,6-8,10,13H,4-5,9,11-12H2,1H3,(H,22,23). The number of nitrogens with zero attached hydrogens (tertiary/aromatic N) is 3.